The Labute approximate surface area is 217 Å². The van der Waals surface area contributed by atoms with E-state index in [0.29, 0.717) is 34.9 Å². The lowest BCUT2D eigenvalue weighted by Gasteiger charge is -2.26. The summed E-state index contributed by atoms with van der Waals surface area (Å²) in [4.78, 5) is 27.0. The number of nitrogens with zero attached hydrogens (tertiary/aromatic N) is 4. The van der Waals surface area contributed by atoms with E-state index in [1.807, 2.05) is 67.7 Å². The summed E-state index contributed by atoms with van der Waals surface area (Å²) < 4.78 is 7.71. The number of nitriles is 1. The van der Waals surface area contributed by atoms with E-state index < -0.39 is 11.8 Å². The number of hydrogen-bond acceptors (Lipinski definition) is 5. The van der Waals surface area contributed by atoms with E-state index in [1.165, 1.54) is 0 Å². The van der Waals surface area contributed by atoms with Crippen LogP contribution in [0.25, 0.3) is 23.0 Å². The molecule has 7 nitrogen and oxygen atoms in total. The van der Waals surface area contributed by atoms with E-state index >= 15 is 0 Å². The molecule has 0 unspecified atom stereocenters. The Hall–Kier alpha value is -4.44. The van der Waals surface area contributed by atoms with Crippen molar-refractivity contribution in [2.75, 3.05) is 13.2 Å². The largest absolute Gasteiger partial charge is 0.493 e. The molecule has 0 aliphatic carbocycles. The molecular formula is C30H30N4O3. The first-order valence-corrected chi connectivity index (χ1v) is 12.3. The first kappa shape index (κ1) is 25.6. The van der Waals surface area contributed by atoms with Gasteiger partial charge in [0.25, 0.3) is 11.8 Å². The molecule has 0 saturated carbocycles. The Morgan fingerprint density at radius 2 is 1.81 bits per heavy atom. The van der Waals surface area contributed by atoms with Crippen molar-refractivity contribution in [1.29, 1.82) is 5.26 Å². The molecular weight excluding hydrogens is 464 g/mol. The van der Waals surface area contributed by atoms with Crippen molar-refractivity contribution < 1.29 is 14.3 Å². The van der Waals surface area contributed by atoms with Crippen LogP contribution in [-0.4, -0.2) is 39.6 Å². The van der Waals surface area contributed by atoms with E-state index in [1.54, 1.807) is 24.6 Å². The van der Waals surface area contributed by atoms with E-state index in [0.717, 1.165) is 27.5 Å². The third-order valence-electron chi connectivity index (χ3n) is 6.23. The van der Waals surface area contributed by atoms with Crippen molar-refractivity contribution in [3.63, 3.8) is 0 Å². The number of para-hydroxylation sites is 1. The van der Waals surface area contributed by atoms with Crippen LogP contribution in [0.15, 0.2) is 71.4 Å². The summed E-state index contributed by atoms with van der Waals surface area (Å²) in [6, 6.07) is 17.6. The Bertz CT molecular complexity index is 1460. The number of benzene rings is 2. The summed E-state index contributed by atoms with van der Waals surface area (Å²) in [5, 5.41) is 14.5. The smallest absolute Gasteiger partial charge is 0.271 e. The number of hydrogen-bond donors (Lipinski definition) is 0. The summed E-state index contributed by atoms with van der Waals surface area (Å²) in [6.07, 6.45) is 3.58. The van der Waals surface area contributed by atoms with Crippen molar-refractivity contribution in [3.05, 3.63) is 82.6 Å². The third-order valence-corrected chi connectivity index (χ3v) is 6.23. The van der Waals surface area contributed by atoms with Crippen LogP contribution in [0.2, 0.25) is 0 Å². The molecule has 0 spiro atoms. The number of aryl methyl sites for hydroxylation is 1. The summed E-state index contributed by atoms with van der Waals surface area (Å²) in [5.41, 5.74) is 4.74. The highest BCUT2D eigenvalue weighted by molar-refractivity contribution is 6.19. The minimum Gasteiger partial charge on any atom is -0.493 e. The lowest BCUT2D eigenvalue weighted by molar-refractivity contribution is -0.140. The minimum atomic E-state index is -0.558. The van der Waals surface area contributed by atoms with Gasteiger partial charge in [0, 0.05) is 29.4 Å². The molecule has 0 fully saturated rings. The highest BCUT2D eigenvalue weighted by Gasteiger charge is 2.34. The van der Waals surface area contributed by atoms with Crippen molar-refractivity contribution in [2.45, 2.75) is 34.6 Å². The molecule has 37 heavy (non-hydrogen) atoms. The Kier molecular flexibility index (Phi) is 7.40. The van der Waals surface area contributed by atoms with Gasteiger partial charge < -0.3 is 4.74 Å². The SMILES string of the molecule is CCN1C(=O)C(C#N)=C(C)/C(=C\c2cn(-c3ccccc3)nc2-c2ccc(OCC(C)C)c(C)c2)C1=O. The van der Waals surface area contributed by atoms with Crippen molar-refractivity contribution in [2.24, 2.45) is 5.92 Å². The van der Waals surface area contributed by atoms with Crippen LogP contribution in [0.3, 0.4) is 0 Å². The molecule has 7 heteroatoms. The highest BCUT2D eigenvalue weighted by Crippen LogP contribution is 2.33. The second-order valence-corrected chi connectivity index (χ2v) is 9.42. The molecule has 188 valence electrons. The standard InChI is InChI=1S/C30H30N4O3/c1-6-33-29(35)25(21(5)26(16-31)30(33)36)15-23-17-34(24-10-8-7-9-11-24)32-28(23)22-12-13-27(20(4)14-22)37-18-19(2)3/h7-15,17,19H,6,18H2,1-5H3/b25-15+. The maximum Gasteiger partial charge on any atom is 0.271 e. The molecule has 2 heterocycles. The zero-order valence-corrected chi connectivity index (χ0v) is 21.8. The topological polar surface area (TPSA) is 88.2 Å². The molecule has 0 atom stereocenters. The van der Waals surface area contributed by atoms with Crippen LogP contribution >= 0.6 is 0 Å². The van der Waals surface area contributed by atoms with Gasteiger partial charge in [0.2, 0.25) is 0 Å². The third kappa shape index (κ3) is 5.10. The fraction of sp³-hybridized carbons (Fsp3) is 0.267. The first-order valence-electron chi connectivity index (χ1n) is 12.3. The number of amides is 2. The van der Waals surface area contributed by atoms with Gasteiger partial charge in [-0.3, -0.25) is 14.5 Å². The number of carbonyl (C=O) groups excluding carboxylic acids is 2. The average molecular weight is 495 g/mol. The van der Waals surface area contributed by atoms with Crippen LogP contribution in [0.5, 0.6) is 5.75 Å². The molecule has 1 aliphatic rings. The second kappa shape index (κ2) is 10.7. The number of likely N-dealkylation sites (N-methyl/N-ethyl adjacent to an activating group) is 1. The van der Waals surface area contributed by atoms with Gasteiger partial charge in [-0.1, -0.05) is 32.0 Å². The molecule has 2 aromatic carbocycles. The predicted octanol–water partition coefficient (Wildman–Crippen LogP) is 5.49. The highest BCUT2D eigenvalue weighted by atomic mass is 16.5. The van der Waals surface area contributed by atoms with Crippen LogP contribution in [0.4, 0.5) is 0 Å². The van der Waals surface area contributed by atoms with Gasteiger partial charge in [0.1, 0.15) is 17.4 Å². The maximum absolute atomic E-state index is 13.2. The molecule has 3 aromatic rings. The summed E-state index contributed by atoms with van der Waals surface area (Å²) in [5.74, 6) is 0.251. The van der Waals surface area contributed by atoms with E-state index in [2.05, 4.69) is 13.8 Å². The predicted molar refractivity (Wildman–Crippen MR) is 143 cm³/mol. The molecule has 0 saturated heterocycles. The number of carbonyl (C=O) groups is 2. The zero-order valence-electron chi connectivity index (χ0n) is 21.8. The fourth-order valence-electron chi connectivity index (χ4n) is 4.22. The molecule has 4 rings (SSSR count). The maximum atomic E-state index is 13.2. The Balaban J connectivity index is 1.87. The summed E-state index contributed by atoms with van der Waals surface area (Å²) in [6.45, 7) is 10.4. The number of aromatic nitrogens is 2. The summed E-state index contributed by atoms with van der Waals surface area (Å²) >= 11 is 0. The van der Waals surface area contributed by atoms with Crippen molar-refractivity contribution in [1.82, 2.24) is 14.7 Å². The van der Waals surface area contributed by atoms with Crippen molar-refractivity contribution in [3.8, 4) is 28.8 Å². The second-order valence-electron chi connectivity index (χ2n) is 9.42. The minimum absolute atomic E-state index is 0.0211. The zero-order chi connectivity index (χ0) is 26.7. The van der Waals surface area contributed by atoms with Gasteiger partial charge in [-0.25, -0.2) is 4.68 Å². The van der Waals surface area contributed by atoms with Gasteiger partial charge >= 0.3 is 0 Å². The van der Waals surface area contributed by atoms with E-state index in [9.17, 15) is 14.9 Å². The fourth-order valence-corrected chi connectivity index (χ4v) is 4.22. The van der Waals surface area contributed by atoms with Gasteiger partial charge in [-0.2, -0.15) is 10.4 Å². The van der Waals surface area contributed by atoms with E-state index in [4.69, 9.17) is 9.84 Å². The lowest BCUT2D eigenvalue weighted by Crippen LogP contribution is -2.42. The van der Waals surface area contributed by atoms with Gasteiger partial charge in [-0.05, 0) is 74.2 Å². The van der Waals surface area contributed by atoms with Crippen LogP contribution in [0, 0.1) is 24.2 Å². The van der Waals surface area contributed by atoms with Gasteiger partial charge in [-0.15, -0.1) is 0 Å². The summed E-state index contributed by atoms with van der Waals surface area (Å²) in [7, 11) is 0. The monoisotopic (exact) mass is 494 g/mol. The molecule has 0 bridgehead atoms. The van der Waals surface area contributed by atoms with Crippen molar-refractivity contribution >= 4 is 17.9 Å². The Morgan fingerprint density at radius 1 is 1.08 bits per heavy atom. The quantitative estimate of drug-likeness (QED) is 0.320. The molecule has 0 N–H and O–H groups in total. The Morgan fingerprint density at radius 3 is 2.43 bits per heavy atom. The van der Waals surface area contributed by atoms with Gasteiger partial charge in [0.05, 0.1) is 18.0 Å². The number of rotatable bonds is 7. The normalized spacial score (nSPS) is 15.1. The molecule has 1 aromatic heterocycles. The van der Waals surface area contributed by atoms with Crippen LogP contribution in [-0.2, 0) is 9.59 Å². The van der Waals surface area contributed by atoms with Gasteiger partial charge in [0.15, 0.2) is 0 Å². The first-order chi connectivity index (χ1) is 17.7. The number of ether oxygens (including phenoxy) is 1. The molecule has 1 aliphatic heterocycles. The number of imide groups is 1. The van der Waals surface area contributed by atoms with Crippen LogP contribution < -0.4 is 4.74 Å². The van der Waals surface area contributed by atoms with Crippen LogP contribution in [0.1, 0.15) is 38.8 Å². The lowest BCUT2D eigenvalue weighted by atomic mass is 9.93. The average Bonchev–Trinajstić information content (AvgIpc) is 3.31. The molecule has 2 amide bonds. The molecule has 0 radical (unpaired) electrons. The van der Waals surface area contributed by atoms with E-state index in [-0.39, 0.29) is 12.1 Å².